The predicted molar refractivity (Wildman–Crippen MR) is 246 cm³/mol. The molecular weight excluding hydrogens is 914 g/mol. The summed E-state index contributed by atoms with van der Waals surface area (Å²) >= 11 is 0. The number of alkyl carbamates (subject to hydrolysis) is 1. The number of halogens is 1. The van der Waals surface area contributed by atoms with Crippen LogP contribution in [0.25, 0.3) is 0 Å². The summed E-state index contributed by atoms with van der Waals surface area (Å²) in [5, 5.41) is 6.07. The normalized spacial score (nSPS) is 21.2. The predicted octanol–water partition coefficient (Wildman–Crippen LogP) is 1.08. The zero-order valence-corrected chi connectivity index (χ0v) is 40.4. The first-order chi connectivity index (χ1) is 32.0. The molecule has 68 heavy (non-hydrogen) atoms. The molecule has 6 N–H and O–H groups in total. The molecule has 384 valence electrons. The number of hydrogen-bond donors (Lipinski definition) is 4. The lowest BCUT2D eigenvalue weighted by molar-refractivity contribution is -0.201. The molecule has 2 saturated carbocycles. The van der Waals surface area contributed by atoms with Crippen LogP contribution in [0, 0.1) is 23.7 Å². The maximum absolute atomic E-state index is 12.2. The van der Waals surface area contributed by atoms with Crippen LogP contribution >= 0.6 is 12.4 Å². The first kappa shape index (κ1) is 59.3. The van der Waals surface area contributed by atoms with E-state index in [-0.39, 0.29) is 78.5 Å². The Bertz CT molecular complexity index is 1670. The SMILES string of the molecule is CC(C)(C)OC(=O)NCCOCCOCCN.Cl.NCCOCCOCCNC(=O)C1CCC(CN2C(=O)C=CC2=O)CC1.O=C(ON1C(=O)CCC1=O)C1CCC(CN2C(=O)C=CC2=O)CC1. The molecule has 5 rings (SSSR count). The quantitative estimate of drug-likeness (QED) is 0.0823. The average Bonchev–Trinajstić information content (AvgIpc) is 3.91. The van der Waals surface area contributed by atoms with E-state index in [1.165, 1.54) is 34.1 Å². The second kappa shape index (κ2) is 32.1. The Morgan fingerprint density at radius 1 is 0.574 bits per heavy atom. The molecule has 2 aliphatic carbocycles. The van der Waals surface area contributed by atoms with E-state index in [4.69, 9.17) is 40.0 Å². The molecule has 8 amide bonds. The van der Waals surface area contributed by atoms with Crippen LogP contribution in [-0.2, 0) is 66.9 Å². The van der Waals surface area contributed by atoms with Gasteiger partial charge in [0.05, 0.1) is 58.8 Å². The second-order valence-corrected chi connectivity index (χ2v) is 17.4. The minimum absolute atomic E-state index is 0. The highest BCUT2D eigenvalue weighted by atomic mass is 35.5. The average molecular weight is 987 g/mol. The zero-order valence-electron chi connectivity index (χ0n) is 39.6. The van der Waals surface area contributed by atoms with Crippen molar-refractivity contribution in [1.29, 1.82) is 0 Å². The highest BCUT2D eigenvalue weighted by Gasteiger charge is 2.37. The molecule has 3 fully saturated rings. The van der Waals surface area contributed by atoms with E-state index in [9.17, 15) is 43.2 Å². The van der Waals surface area contributed by atoms with E-state index < -0.39 is 29.5 Å². The van der Waals surface area contributed by atoms with Crippen molar-refractivity contribution in [2.24, 2.45) is 35.1 Å². The van der Waals surface area contributed by atoms with Crippen molar-refractivity contribution in [2.75, 3.05) is 92.1 Å². The molecule has 0 radical (unpaired) electrons. The maximum atomic E-state index is 12.2. The van der Waals surface area contributed by atoms with Gasteiger partial charge in [-0.05, 0) is 84.0 Å². The molecule has 1 saturated heterocycles. The van der Waals surface area contributed by atoms with Gasteiger partial charge in [0.15, 0.2) is 0 Å². The summed E-state index contributed by atoms with van der Waals surface area (Å²) in [5.41, 5.74) is 10.1. The Morgan fingerprint density at radius 3 is 1.35 bits per heavy atom. The molecule has 0 spiro atoms. The van der Waals surface area contributed by atoms with E-state index in [0.717, 1.165) is 25.7 Å². The Balaban J connectivity index is 0.000000356. The second-order valence-electron chi connectivity index (χ2n) is 17.4. The van der Waals surface area contributed by atoms with Crippen molar-refractivity contribution in [2.45, 2.75) is 90.6 Å². The molecule has 22 nitrogen and oxygen atoms in total. The number of ether oxygens (including phenoxy) is 5. The number of carbonyl (C=O) groups is 9. The van der Waals surface area contributed by atoms with Gasteiger partial charge in [0, 0.05) is 82.3 Å². The van der Waals surface area contributed by atoms with Crippen LogP contribution in [0.15, 0.2) is 24.3 Å². The summed E-state index contributed by atoms with van der Waals surface area (Å²) in [5.74, 6) is -2.48. The third-order valence-electron chi connectivity index (χ3n) is 11.0. The zero-order chi connectivity index (χ0) is 49.2. The molecule has 0 bridgehead atoms. The largest absolute Gasteiger partial charge is 0.444 e. The summed E-state index contributed by atoms with van der Waals surface area (Å²) < 4.78 is 26.0. The number of amides is 8. The fourth-order valence-corrected chi connectivity index (χ4v) is 7.49. The van der Waals surface area contributed by atoms with Gasteiger partial charge in [-0.25, -0.2) is 9.59 Å². The van der Waals surface area contributed by atoms with Crippen LogP contribution in [0.4, 0.5) is 4.79 Å². The molecule has 0 aromatic rings. The first-order valence-electron chi connectivity index (χ1n) is 23.1. The molecule has 5 aliphatic rings. The van der Waals surface area contributed by atoms with Crippen molar-refractivity contribution >= 4 is 65.8 Å². The molecule has 3 heterocycles. The third kappa shape index (κ3) is 22.5. The Hall–Kier alpha value is -4.84. The number of imide groups is 3. The Morgan fingerprint density at radius 2 is 0.956 bits per heavy atom. The van der Waals surface area contributed by atoms with Gasteiger partial charge >= 0.3 is 12.1 Å². The Labute approximate surface area is 404 Å². The van der Waals surface area contributed by atoms with Crippen molar-refractivity contribution in [3.63, 3.8) is 0 Å². The highest BCUT2D eigenvalue weighted by molar-refractivity contribution is 6.13. The van der Waals surface area contributed by atoms with Crippen LogP contribution in [0.3, 0.4) is 0 Å². The highest BCUT2D eigenvalue weighted by Crippen LogP contribution is 2.32. The lowest BCUT2D eigenvalue weighted by atomic mass is 9.81. The van der Waals surface area contributed by atoms with Crippen LogP contribution in [0.2, 0.25) is 0 Å². The summed E-state index contributed by atoms with van der Waals surface area (Å²) in [6.07, 6.45) is 10.6. The molecule has 0 aromatic carbocycles. The van der Waals surface area contributed by atoms with E-state index >= 15 is 0 Å². The van der Waals surface area contributed by atoms with Crippen LogP contribution in [0.5, 0.6) is 0 Å². The van der Waals surface area contributed by atoms with Gasteiger partial charge in [-0.3, -0.25) is 43.4 Å². The number of nitrogens with one attached hydrogen (secondary N) is 2. The van der Waals surface area contributed by atoms with Crippen molar-refractivity contribution < 1.29 is 71.7 Å². The number of hydroxylamine groups is 2. The molecule has 3 aliphatic heterocycles. The monoisotopic (exact) mass is 985 g/mol. The molecule has 0 aromatic heterocycles. The number of nitrogens with two attached hydrogens (primary N) is 2. The third-order valence-corrected chi connectivity index (χ3v) is 11.0. The number of hydrogen-bond acceptors (Lipinski definition) is 17. The number of nitrogens with zero attached hydrogens (tertiary/aromatic N) is 3. The molecule has 0 unspecified atom stereocenters. The van der Waals surface area contributed by atoms with E-state index in [2.05, 4.69) is 10.6 Å². The number of rotatable bonds is 23. The van der Waals surface area contributed by atoms with Gasteiger partial charge in [0.25, 0.3) is 35.4 Å². The summed E-state index contributed by atoms with van der Waals surface area (Å²) in [6, 6.07) is 0. The van der Waals surface area contributed by atoms with E-state index in [1.807, 2.05) is 20.8 Å². The van der Waals surface area contributed by atoms with Crippen molar-refractivity contribution in [1.82, 2.24) is 25.5 Å². The fraction of sp³-hybridized carbons (Fsp3) is 0.711. The Kier molecular flexibility index (Phi) is 28.0. The van der Waals surface area contributed by atoms with Gasteiger partial charge in [-0.1, -0.05) is 0 Å². The summed E-state index contributed by atoms with van der Waals surface area (Å²) in [4.78, 5) is 112. The standard InChI is InChI=1S/C18H29N3O5.C16H18N2O6.C11H24N2O4.ClH/c19-7-9-25-11-12-26-10-8-20-18(24)15-3-1-14(2-4-15)13-21-16(22)5-6-17(21)23;19-12-5-6-13(20)17(12)9-10-1-3-11(4-2-10)16(23)24-18-14(21)7-8-15(18)22;1-11(2,3)17-10(14)13-5-7-16-9-8-15-6-4-12;/h5-6,14-15H,1-4,7-13,19H2,(H,20,24);5-6,10-11H,1-4,7-9H2;4-9,12H2,1-3H3,(H,13,14);1H. The topological polar surface area (TPSA) is 295 Å². The smallest absolute Gasteiger partial charge is 0.407 e. The summed E-state index contributed by atoms with van der Waals surface area (Å²) in [6.45, 7) is 12.2. The van der Waals surface area contributed by atoms with Gasteiger partial charge in [-0.15, -0.1) is 17.5 Å². The van der Waals surface area contributed by atoms with Gasteiger partial charge in [-0.2, -0.15) is 0 Å². The summed E-state index contributed by atoms with van der Waals surface area (Å²) in [7, 11) is 0. The first-order valence-corrected chi connectivity index (χ1v) is 23.1. The molecular formula is C45H72ClN7O15. The lowest BCUT2D eigenvalue weighted by Crippen LogP contribution is -2.39. The fourth-order valence-electron chi connectivity index (χ4n) is 7.49. The van der Waals surface area contributed by atoms with Gasteiger partial charge in [0.2, 0.25) is 5.91 Å². The maximum Gasteiger partial charge on any atom is 0.407 e. The van der Waals surface area contributed by atoms with Crippen molar-refractivity contribution in [3.8, 4) is 0 Å². The van der Waals surface area contributed by atoms with Gasteiger partial charge in [0.1, 0.15) is 5.60 Å². The van der Waals surface area contributed by atoms with E-state index in [1.54, 1.807) is 0 Å². The minimum Gasteiger partial charge on any atom is -0.444 e. The van der Waals surface area contributed by atoms with Crippen LogP contribution in [-0.4, -0.2) is 166 Å². The lowest BCUT2D eigenvalue weighted by Gasteiger charge is -2.30. The molecule has 0 atom stereocenters. The molecule has 23 heteroatoms. The number of carbonyl (C=O) groups excluding carboxylic acids is 9. The van der Waals surface area contributed by atoms with Crippen molar-refractivity contribution in [3.05, 3.63) is 24.3 Å². The van der Waals surface area contributed by atoms with E-state index in [0.29, 0.717) is 123 Å². The minimum atomic E-state index is -0.563. The van der Waals surface area contributed by atoms with Crippen LogP contribution < -0.4 is 22.1 Å². The van der Waals surface area contributed by atoms with Crippen LogP contribution in [0.1, 0.15) is 85.0 Å². The van der Waals surface area contributed by atoms with Gasteiger partial charge < -0.3 is 50.6 Å².